The van der Waals surface area contributed by atoms with Crippen LogP contribution in [0.2, 0.25) is 5.02 Å². The van der Waals surface area contributed by atoms with Crippen molar-refractivity contribution in [2.75, 3.05) is 0 Å². The molecule has 0 spiro atoms. The molecule has 21 heavy (non-hydrogen) atoms. The quantitative estimate of drug-likeness (QED) is 0.889. The van der Waals surface area contributed by atoms with E-state index in [-0.39, 0.29) is 6.42 Å². The molecule has 0 aliphatic rings. The number of benzene rings is 1. The van der Waals surface area contributed by atoms with Gasteiger partial charge < -0.3 is 15.2 Å². The van der Waals surface area contributed by atoms with E-state index in [1.54, 1.807) is 39.0 Å². The Morgan fingerprint density at radius 3 is 2.48 bits per heavy atom. The predicted octanol–water partition coefficient (Wildman–Crippen LogP) is 3.69. The molecule has 1 amide bonds. The van der Waals surface area contributed by atoms with Crippen LogP contribution in [0, 0.1) is 6.92 Å². The zero-order valence-electron chi connectivity index (χ0n) is 12.6. The average Bonchev–Trinajstić information content (AvgIpc) is 2.28. The van der Waals surface area contributed by atoms with Gasteiger partial charge in [-0.15, -0.1) is 0 Å². The van der Waals surface area contributed by atoms with Crippen LogP contribution < -0.4 is 5.32 Å². The van der Waals surface area contributed by atoms with Crippen LogP contribution in [0.1, 0.15) is 44.4 Å². The van der Waals surface area contributed by atoms with Crippen LogP contribution >= 0.6 is 11.6 Å². The molecule has 116 valence electrons. The molecule has 6 heteroatoms. The van der Waals surface area contributed by atoms with Gasteiger partial charge in [-0.25, -0.2) is 4.79 Å². The Morgan fingerprint density at radius 2 is 2.00 bits per heavy atom. The van der Waals surface area contributed by atoms with Gasteiger partial charge >= 0.3 is 12.1 Å². The first-order valence-corrected chi connectivity index (χ1v) is 6.93. The number of nitrogens with one attached hydrogen (secondary N) is 1. The highest BCUT2D eigenvalue weighted by molar-refractivity contribution is 6.31. The van der Waals surface area contributed by atoms with Crippen molar-refractivity contribution >= 4 is 23.7 Å². The first kappa shape index (κ1) is 17.3. The van der Waals surface area contributed by atoms with E-state index in [1.807, 2.05) is 6.92 Å². The van der Waals surface area contributed by atoms with Gasteiger partial charge in [0.05, 0.1) is 12.5 Å². The molecule has 1 aromatic carbocycles. The molecule has 0 radical (unpaired) electrons. The van der Waals surface area contributed by atoms with Gasteiger partial charge in [-0.05, 0) is 44.9 Å². The van der Waals surface area contributed by atoms with E-state index in [0.29, 0.717) is 10.6 Å². The van der Waals surface area contributed by atoms with E-state index in [0.717, 1.165) is 5.56 Å². The van der Waals surface area contributed by atoms with Crippen LogP contribution in [0.5, 0.6) is 0 Å². The summed E-state index contributed by atoms with van der Waals surface area (Å²) in [6, 6.07) is 4.48. The number of halogens is 1. The van der Waals surface area contributed by atoms with Crippen molar-refractivity contribution in [1.29, 1.82) is 0 Å². The number of alkyl carbamates (subject to hydrolysis) is 1. The molecule has 1 rings (SSSR count). The van der Waals surface area contributed by atoms with Crippen molar-refractivity contribution in [1.82, 2.24) is 5.32 Å². The molecule has 5 nitrogen and oxygen atoms in total. The molecule has 0 unspecified atom stereocenters. The van der Waals surface area contributed by atoms with Crippen molar-refractivity contribution in [3.63, 3.8) is 0 Å². The zero-order chi connectivity index (χ0) is 16.2. The first-order chi connectivity index (χ1) is 9.58. The Morgan fingerprint density at radius 1 is 1.38 bits per heavy atom. The van der Waals surface area contributed by atoms with E-state index in [2.05, 4.69) is 5.32 Å². The fourth-order valence-corrected chi connectivity index (χ4v) is 1.89. The van der Waals surface area contributed by atoms with E-state index >= 15 is 0 Å². The number of carboxylic acids is 1. The highest BCUT2D eigenvalue weighted by Crippen LogP contribution is 2.24. The van der Waals surface area contributed by atoms with Crippen molar-refractivity contribution in [3.05, 3.63) is 34.3 Å². The summed E-state index contributed by atoms with van der Waals surface area (Å²) in [5.74, 6) is -1.02. The molecule has 0 heterocycles. The molecule has 1 aromatic rings. The lowest BCUT2D eigenvalue weighted by atomic mass is 10.0. The Labute approximate surface area is 129 Å². The summed E-state index contributed by atoms with van der Waals surface area (Å²) < 4.78 is 5.15. The molecule has 1 atom stereocenters. The number of rotatable bonds is 4. The predicted molar refractivity (Wildman–Crippen MR) is 80.6 cm³/mol. The van der Waals surface area contributed by atoms with E-state index in [9.17, 15) is 9.59 Å². The third-order valence-electron chi connectivity index (χ3n) is 2.67. The van der Waals surface area contributed by atoms with E-state index < -0.39 is 23.7 Å². The summed E-state index contributed by atoms with van der Waals surface area (Å²) in [7, 11) is 0. The topological polar surface area (TPSA) is 75.6 Å². The molecular weight excluding hydrogens is 294 g/mol. The molecule has 0 aliphatic carbocycles. The fourth-order valence-electron chi connectivity index (χ4n) is 1.70. The summed E-state index contributed by atoms with van der Waals surface area (Å²) in [5, 5.41) is 12.1. The van der Waals surface area contributed by atoms with E-state index in [1.165, 1.54) is 0 Å². The number of hydrogen-bond donors (Lipinski definition) is 2. The highest BCUT2D eigenvalue weighted by atomic mass is 35.5. The van der Waals surface area contributed by atoms with Gasteiger partial charge in [0.2, 0.25) is 0 Å². The highest BCUT2D eigenvalue weighted by Gasteiger charge is 2.22. The molecule has 0 fully saturated rings. The van der Waals surface area contributed by atoms with Crippen LogP contribution in [-0.2, 0) is 9.53 Å². The fraction of sp³-hybridized carbons (Fsp3) is 0.467. The Balaban J connectivity index is 2.92. The van der Waals surface area contributed by atoms with Gasteiger partial charge in [0.15, 0.2) is 0 Å². The largest absolute Gasteiger partial charge is 0.481 e. The minimum atomic E-state index is -1.02. The Kier molecular flexibility index (Phi) is 5.61. The van der Waals surface area contributed by atoms with Crippen LogP contribution in [0.3, 0.4) is 0 Å². The Bertz CT molecular complexity index is 537. The maximum absolute atomic E-state index is 11.8. The lowest BCUT2D eigenvalue weighted by Gasteiger charge is -2.23. The zero-order valence-corrected chi connectivity index (χ0v) is 13.3. The minimum absolute atomic E-state index is 0.251. The Hall–Kier alpha value is -1.75. The number of carbonyl (C=O) groups is 2. The molecule has 0 aromatic heterocycles. The van der Waals surface area contributed by atoms with Gasteiger partial charge in [0.25, 0.3) is 0 Å². The lowest BCUT2D eigenvalue weighted by molar-refractivity contribution is -0.137. The maximum atomic E-state index is 11.8. The van der Waals surface area contributed by atoms with Crippen molar-refractivity contribution < 1.29 is 19.4 Å². The van der Waals surface area contributed by atoms with Crippen LogP contribution in [0.4, 0.5) is 4.79 Å². The van der Waals surface area contributed by atoms with Crippen molar-refractivity contribution in [2.24, 2.45) is 0 Å². The number of hydrogen-bond acceptors (Lipinski definition) is 3. The van der Waals surface area contributed by atoms with Crippen LogP contribution in [0.15, 0.2) is 18.2 Å². The number of aliphatic carboxylic acids is 1. The van der Waals surface area contributed by atoms with E-state index in [4.69, 9.17) is 21.4 Å². The van der Waals surface area contributed by atoms with Crippen LogP contribution in [-0.4, -0.2) is 22.8 Å². The summed E-state index contributed by atoms with van der Waals surface area (Å²) in [6.07, 6.45) is -0.913. The van der Waals surface area contributed by atoms with Crippen LogP contribution in [0.25, 0.3) is 0 Å². The first-order valence-electron chi connectivity index (χ1n) is 6.56. The standard InChI is InChI=1S/C15H20ClNO4/c1-9-5-6-10(7-11(9)16)12(8-13(18)19)17-14(20)21-15(2,3)4/h5-7,12H,8H2,1-4H3,(H,17,20)(H,18,19)/t12-/m0/s1. The summed E-state index contributed by atoms with van der Waals surface area (Å²) in [4.78, 5) is 22.8. The van der Waals surface area contributed by atoms with Crippen molar-refractivity contribution in [3.8, 4) is 0 Å². The second kappa shape index (κ2) is 6.80. The van der Waals surface area contributed by atoms with Gasteiger partial charge in [-0.1, -0.05) is 23.7 Å². The molecule has 0 bridgehead atoms. The smallest absolute Gasteiger partial charge is 0.408 e. The molecular formula is C15H20ClNO4. The molecule has 2 N–H and O–H groups in total. The van der Waals surface area contributed by atoms with Gasteiger partial charge in [-0.3, -0.25) is 4.79 Å². The third-order valence-corrected chi connectivity index (χ3v) is 3.08. The normalized spacial score (nSPS) is 12.6. The second-order valence-corrected chi connectivity index (χ2v) is 6.21. The maximum Gasteiger partial charge on any atom is 0.408 e. The van der Waals surface area contributed by atoms with Crippen molar-refractivity contribution in [2.45, 2.75) is 45.8 Å². The number of carboxylic acid groups (broad SMARTS) is 1. The number of aryl methyl sites for hydroxylation is 1. The number of carbonyl (C=O) groups excluding carboxylic acids is 1. The summed E-state index contributed by atoms with van der Waals surface area (Å²) in [6.45, 7) is 7.06. The van der Waals surface area contributed by atoms with Gasteiger partial charge in [-0.2, -0.15) is 0 Å². The monoisotopic (exact) mass is 313 g/mol. The minimum Gasteiger partial charge on any atom is -0.481 e. The third kappa shape index (κ3) is 6.04. The summed E-state index contributed by atoms with van der Waals surface area (Å²) >= 11 is 6.05. The average molecular weight is 314 g/mol. The van der Waals surface area contributed by atoms with Gasteiger partial charge in [0, 0.05) is 5.02 Å². The molecule has 0 saturated carbocycles. The second-order valence-electron chi connectivity index (χ2n) is 5.81. The molecule has 0 saturated heterocycles. The molecule has 0 aliphatic heterocycles. The SMILES string of the molecule is Cc1ccc([C@H](CC(=O)O)NC(=O)OC(C)(C)C)cc1Cl. The number of amides is 1. The van der Waals surface area contributed by atoms with Gasteiger partial charge in [0.1, 0.15) is 5.60 Å². The number of ether oxygens (including phenoxy) is 1. The lowest BCUT2D eigenvalue weighted by Crippen LogP contribution is -2.35. The summed E-state index contributed by atoms with van der Waals surface area (Å²) in [5.41, 5.74) is 0.855.